The van der Waals surface area contributed by atoms with Crippen LogP contribution in [0.2, 0.25) is 0 Å². The van der Waals surface area contributed by atoms with Crippen LogP contribution in [0.4, 0.5) is 0 Å². The summed E-state index contributed by atoms with van der Waals surface area (Å²) in [6.45, 7) is 12.5. The van der Waals surface area contributed by atoms with Gasteiger partial charge in [-0.1, -0.05) is 45.4 Å². The summed E-state index contributed by atoms with van der Waals surface area (Å²) in [4.78, 5) is 2.56. The molecule has 0 fully saturated rings. The molecule has 1 N–H and O–H groups in total. The van der Waals surface area contributed by atoms with E-state index >= 15 is 0 Å². The predicted molar refractivity (Wildman–Crippen MR) is 82.3 cm³/mol. The van der Waals surface area contributed by atoms with Gasteiger partial charge in [-0.2, -0.15) is 0 Å². The van der Waals surface area contributed by atoms with E-state index in [9.17, 15) is 0 Å². The zero-order valence-corrected chi connectivity index (χ0v) is 12.7. The van der Waals surface area contributed by atoms with E-state index in [1.54, 1.807) is 0 Å². The van der Waals surface area contributed by atoms with Crippen molar-refractivity contribution in [3.63, 3.8) is 0 Å². The average molecular weight is 260 g/mol. The summed E-state index contributed by atoms with van der Waals surface area (Å²) in [5, 5.41) is 3.46. The summed E-state index contributed by atoms with van der Waals surface area (Å²) in [6.07, 6.45) is 2.45. The van der Waals surface area contributed by atoms with Crippen molar-refractivity contribution in [3.8, 4) is 0 Å². The first-order chi connectivity index (χ1) is 9.22. The molecule has 0 amide bonds. The second kappa shape index (κ2) is 7.06. The van der Waals surface area contributed by atoms with Gasteiger partial charge in [0.05, 0.1) is 0 Å². The number of hydrogen-bond acceptors (Lipinski definition) is 2. The van der Waals surface area contributed by atoms with E-state index in [-0.39, 0.29) is 0 Å². The monoisotopic (exact) mass is 260 g/mol. The molecule has 0 saturated heterocycles. The summed E-state index contributed by atoms with van der Waals surface area (Å²) in [5.74, 6) is 0.791. The Balaban J connectivity index is 2.01. The molecule has 1 atom stereocenters. The molecule has 2 nitrogen and oxygen atoms in total. The number of hydrogen-bond donors (Lipinski definition) is 1. The topological polar surface area (TPSA) is 15.3 Å². The standard InChI is InChI=1S/C17H28N2/c1-4-14(3)12-19(5-2)13-15-6-7-16-8-9-18-11-17(16)10-15/h6-7,10,14,18H,4-5,8-9,11-13H2,1-3H3. The molecule has 0 aliphatic carbocycles. The molecular formula is C17H28N2. The Morgan fingerprint density at radius 2 is 2.11 bits per heavy atom. The molecule has 19 heavy (non-hydrogen) atoms. The number of nitrogens with one attached hydrogen (secondary N) is 1. The Kier molecular flexibility index (Phi) is 5.41. The van der Waals surface area contributed by atoms with E-state index < -0.39 is 0 Å². The second-order valence-corrected chi connectivity index (χ2v) is 5.87. The Bertz CT molecular complexity index is 400. The molecule has 1 aliphatic rings. The van der Waals surface area contributed by atoms with Gasteiger partial charge in [-0.25, -0.2) is 0 Å². The maximum Gasteiger partial charge on any atom is 0.0233 e. The lowest BCUT2D eigenvalue weighted by atomic mass is 9.98. The van der Waals surface area contributed by atoms with Crippen molar-refractivity contribution in [2.24, 2.45) is 5.92 Å². The van der Waals surface area contributed by atoms with Gasteiger partial charge in [-0.3, -0.25) is 4.90 Å². The fourth-order valence-electron chi connectivity index (χ4n) is 2.77. The Labute approximate surface area is 118 Å². The minimum Gasteiger partial charge on any atom is -0.312 e. The minimum absolute atomic E-state index is 0.791. The van der Waals surface area contributed by atoms with Gasteiger partial charge in [-0.05, 0) is 42.1 Å². The van der Waals surface area contributed by atoms with Crippen LogP contribution in [0, 0.1) is 5.92 Å². The van der Waals surface area contributed by atoms with Crippen molar-refractivity contribution in [1.29, 1.82) is 0 Å². The third-order valence-electron chi connectivity index (χ3n) is 4.28. The lowest BCUT2D eigenvalue weighted by Crippen LogP contribution is -2.28. The molecular weight excluding hydrogens is 232 g/mol. The zero-order valence-electron chi connectivity index (χ0n) is 12.7. The molecule has 1 heterocycles. The second-order valence-electron chi connectivity index (χ2n) is 5.87. The molecule has 1 aliphatic heterocycles. The van der Waals surface area contributed by atoms with Crippen molar-refractivity contribution in [1.82, 2.24) is 10.2 Å². The van der Waals surface area contributed by atoms with Crippen molar-refractivity contribution in [2.75, 3.05) is 19.6 Å². The van der Waals surface area contributed by atoms with E-state index in [0.717, 1.165) is 32.1 Å². The van der Waals surface area contributed by atoms with Crippen LogP contribution in [-0.4, -0.2) is 24.5 Å². The van der Waals surface area contributed by atoms with Crippen LogP contribution in [0.15, 0.2) is 18.2 Å². The summed E-state index contributed by atoms with van der Waals surface area (Å²) < 4.78 is 0. The van der Waals surface area contributed by atoms with Crippen LogP contribution in [0.3, 0.4) is 0 Å². The van der Waals surface area contributed by atoms with Crippen LogP contribution in [0.25, 0.3) is 0 Å². The van der Waals surface area contributed by atoms with Crippen LogP contribution >= 0.6 is 0 Å². The van der Waals surface area contributed by atoms with E-state index in [1.807, 2.05) is 0 Å². The molecule has 0 saturated carbocycles. The molecule has 1 aromatic carbocycles. The Morgan fingerprint density at radius 3 is 2.84 bits per heavy atom. The number of nitrogens with zero attached hydrogens (tertiary/aromatic N) is 1. The summed E-state index contributed by atoms with van der Waals surface area (Å²) >= 11 is 0. The average Bonchev–Trinajstić information content (AvgIpc) is 2.46. The number of rotatable bonds is 6. The molecule has 1 unspecified atom stereocenters. The van der Waals surface area contributed by atoms with E-state index in [1.165, 1.54) is 36.1 Å². The van der Waals surface area contributed by atoms with E-state index in [0.29, 0.717) is 0 Å². The van der Waals surface area contributed by atoms with Gasteiger partial charge in [0.25, 0.3) is 0 Å². The highest BCUT2D eigenvalue weighted by atomic mass is 15.1. The molecule has 2 heteroatoms. The summed E-state index contributed by atoms with van der Waals surface area (Å²) in [6, 6.07) is 7.06. The molecule has 0 radical (unpaired) electrons. The Morgan fingerprint density at radius 1 is 1.26 bits per heavy atom. The summed E-state index contributed by atoms with van der Waals surface area (Å²) in [7, 11) is 0. The third kappa shape index (κ3) is 4.05. The normalized spacial score (nSPS) is 16.4. The highest BCUT2D eigenvalue weighted by Gasteiger charge is 2.11. The fourth-order valence-corrected chi connectivity index (χ4v) is 2.77. The lowest BCUT2D eigenvalue weighted by Gasteiger charge is -2.25. The van der Waals surface area contributed by atoms with Gasteiger partial charge in [0, 0.05) is 19.6 Å². The maximum absolute atomic E-state index is 3.46. The highest BCUT2D eigenvalue weighted by Crippen LogP contribution is 2.17. The first kappa shape index (κ1) is 14.5. The predicted octanol–water partition coefficient (Wildman–Crippen LogP) is 3.20. The minimum atomic E-state index is 0.791. The summed E-state index contributed by atoms with van der Waals surface area (Å²) in [5.41, 5.74) is 4.50. The highest BCUT2D eigenvalue weighted by molar-refractivity contribution is 5.33. The van der Waals surface area contributed by atoms with Crippen LogP contribution < -0.4 is 5.32 Å². The van der Waals surface area contributed by atoms with E-state index in [2.05, 4.69) is 49.2 Å². The van der Waals surface area contributed by atoms with Gasteiger partial charge in [0.1, 0.15) is 0 Å². The molecule has 0 aromatic heterocycles. The van der Waals surface area contributed by atoms with Gasteiger partial charge < -0.3 is 5.32 Å². The van der Waals surface area contributed by atoms with Gasteiger partial charge in [-0.15, -0.1) is 0 Å². The SMILES string of the molecule is CCC(C)CN(CC)Cc1ccc2c(c1)CNCC2. The fraction of sp³-hybridized carbons (Fsp3) is 0.647. The van der Waals surface area contributed by atoms with Crippen molar-refractivity contribution < 1.29 is 0 Å². The largest absolute Gasteiger partial charge is 0.312 e. The molecule has 106 valence electrons. The third-order valence-corrected chi connectivity index (χ3v) is 4.28. The van der Waals surface area contributed by atoms with Crippen molar-refractivity contribution in [3.05, 3.63) is 34.9 Å². The number of benzene rings is 1. The first-order valence-corrected chi connectivity index (χ1v) is 7.76. The van der Waals surface area contributed by atoms with Crippen LogP contribution in [-0.2, 0) is 19.5 Å². The van der Waals surface area contributed by atoms with Crippen molar-refractivity contribution >= 4 is 0 Å². The van der Waals surface area contributed by atoms with Gasteiger partial charge >= 0.3 is 0 Å². The Hall–Kier alpha value is -0.860. The molecule has 1 aromatic rings. The van der Waals surface area contributed by atoms with Crippen molar-refractivity contribution in [2.45, 2.75) is 46.7 Å². The van der Waals surface area contributed by atoms with E-state index in [4.69, 9.17) is 0 Å². The van der Waals surface area contributed by atoms with Gasteiger partial charge in [0.15, 0.2) is 0 Å². The first-order valence-electron chi connectivity index (χ1n) is 7.76. The zero-order chi connectivity index (χ0) is 13.7. The smallest absolute Gasteiger partial charge is 0.0233 e. The van der Waals surface area contributed by atoms with Crippen LogP contribution in [0.1, 0.15) is 43.9 Å². The van der Waals surface area contributed by atoms with Crippen LogP contribution in [0.5, 0.6) is 0 Å². The molecule has 0 bridgehead atoms. The number of fused-ring (bicyclic) bond motifs is 1. The quantitative estimate of drug-likeness (QED) is 0.845. The lowest BCUT2D eigenvalue weighted by molar-refractivity contribution is 0.238. The molecule has 0 spiro atoms. The maximum atomic E-state index is 3.46. The molecule has 2 rings (SSSR count). The van der Waals surface area contributed by atoms with Gasteiger partial charge in [0.2, 0.25) is 0 Å².